The summed E-state index contributed by atoms with van der Waals surface area (Å²) in [4.78, 5) is 73.6. The SMILES string of the molecule is Cn1c(=O)n(-c2ccc(C[C@H](NC(=O)c3c(F)cc(N4CCOC[C@@H]4C(F)(F)F)cc3F)C(=O)OCOC(=O)C(C)(C)C)cn2)c(=O)c2ccncc21. The van der Waals surface area contributed by atoms with Crippen LogP contribution in [0.3, 0.4) is 0 Å². The number of hydrogen-bond acceptors (Lipinski definition) is 11. The fourth-order valence-corrected chi connectivity index (χ4v) is 5.41. The number of alkyl halides is 3. The number of aryl methyl sites for hydroxylation is 1. The van der Waals surface area contributed by atoms with E-state index in [0.29, 0.717) is 17.0 Å². The molecule has 5 rings (SSSR count). The quantitative estimate of drug-likeness (QED) is 0.152. The molecule has 282 valence electrons. The fourth-order valence-electron chi connectivity index (χ4n) is 5.41. The second-order valence-electron chi connectivity index (χ2n) is 13.0. The van der Waals surface area contributed by atoms with Crippen LogP contribution in [0.4, 0.5) is 27.6 Å². The Bertz CT molecular complexity index is 2140. The molecule has 4 heterocycles. The van der Waals surface area contributed by atoms with Crippen molar-refractivity contribution in [1.29, 1.82) is 0 Å². The number of pyridine rings is 2. The molecule has 1 aliphatic heterocycles. The normalized spacial score (nSPS) is 15.6. The van der Waals surface area contributed by atoms with Crippen LogP contribution in [0.15, 0.2) is 58.5 Å². The van der Waals surface area contributed by atoms with E-state index in [9.17, 15) is 37.1 Å². The van der Waals surface area contributed by atoms with Crippen LogP contribution in [0.2, 0.25) is 0 Å². The summed E-state index contributed by atoms with van der Waals surface area (Å²) >= 11 is 0. The Labute approximate surface area is 297 Å². The van der Waals surface area contributed by atoms with Gasteiger partial charge in [0.05, 0.1) is 35.7 Å². The Hall–Kier alpha value is -5.72. The van der Waals surface area contributed by atoms with Gasteiger partial charge in [-0.3, -0.25) is 23.9 Å². The van der Waals surface area contributed by atoms with E-state index in [2.05, 4.69) is 15.3 Å². The molecule has 2 atom stereocenters. The van der Waals surface area contributed by atoms with Crippen LogP contribution in [0.25, 0.3) is 16.7 Å². The first kappa shape index (κ1) is 38.5. The highest BCUT2D eigenvalue weighted by molar-refractivity contribution is 5.97. The van der Waals surface area contributed by atoms with Gasteiger partial charge in [0.2, 0.25) is 6.79 Å². The van der Waals surface area contributed by atoms with Crippen LogP contribution in [0.1, 0.15) is 36.7 Å². The number of carbonyl (C=O) groups excluding carboxylic acids is 3. The maximum absolute atomic E-state index is 15.3. The first-order chi connectivity index (χ1) is 24.9. The number of carbonyl (C=O) groups is 3. The summed E-state index contributed by atoms with van der Waals surface area (Å²) in [5.41, 5.74) is -3.55. The third-order valence-electron chi connectivity index (χ3n) is 8.24. The number of nitrogens with one attached hydrogen (secondary N) is 1. The molecule has 1 N–H and O–H groups in total. The monoisotopic (exact) mass is 748 g/mol. The molecule has 0 aliphatic carbocycles. The minimum Gasteiger partial charge on any atom is -0.427 e. The van der Waals surface area contributed by atoms with Crippen LogP contribution in [0.5, 0.6) is 0 Å². The van der Waals surface area contributed by atoms with E-state index in [1.54, 1.807) is 20.8 Å². The third-order valence-corrected chi connectivity index (χ3v) is 8.24. The van der Waals surface area contributed by atoms with Crippen LogP contribution in [-0.4, -0.2) is 81.8 Å². The molecule has 0 spiro atoms. The van der Waals surface area contributed by atoms with Crippen molar-refractivity contribution in [1.82, 2.24) is 24.4 Å². The number of esters is 2. The summed E-state index contributed by atoms with van der Waals surface area (Å²) in [7, 11) is 1.44. The molecule has 53 heavy (non-hydrogen) atoms. The molecule has 1 amide bonds. The van der Waals surface area contributed by atoms with Crippen LogP contribution < -0.4 is 21.5 Å². The first-order valence-corrected chi connectivity index (χ1v) is 15.9. The molecule has 3 aromatic heterocycles. The third kappa shape index (κ3) is 8.34. The van der Waals surface area contributed by atoms with Gasteiger partial charge in [0, 0.05) is 38.1 Å². The maximum atomic E-state index is 15.3. The number of morpholine rings is 1. The fraction of sp³-hybridized carbons (Fsp3) is 0.382. The molecule has 1 aliphatic rings. The summed E-state index contributed by atoms with van der Waals surface area (Å²) in [5, 5.41) is 2.35. The highest BCUT2D eigenvalue weighted by Crippen LogP contribution is 2.32. The number of hydrogen-bond donors (Lipinski definition) is 1. The van der Waals surface area contributed by atoms with E-state index in [0.717, 1.165) is 4.57 Å². The largest absolute Gasteiger partial charge is 0.427 e. The Morgan fingerprint density at radius 2 is 1.74 bits per heavy atom. The number of rotatable bonds is 9. The molecule has 1 saturated heterocycles. The van der Waals surface area contributed by atoms with Gasteiger partial charge < -0.3 is 24.4 Å². The molecule has 0 bridgehead atoms. The van der Waals surface area contributed by atoms with Gasteiger partial charge in [-0.25, -0.2) is 27.9 Å². The molecule has 14 nitrogen and oxygen atoms in total. The number of benzene rings is 1. The summed E-state index contributed by atoms with van der Waals surface area (Å²) in [5.74, 6) is -6.50. The second-order valence-corrected chi connectivity index (χ2v) is 13.0. The number of aromatic nitrogens is 4. The van der Waals surface area contributed by atoms with Gasteiger partial charge in [0.25, 0.3) is 11.5 Å². The smallest absolute Gasteiger partial charge is 0.411 e. The van der Waals surface area contributed by atoms with Gasteiger partial charge in [0.15, 0.2) is 0 Å². The molecule has 0 radical (unpaired) electrons. The van der Waals surface area contributed by atoms with E-state index in [4.69, 9.17) is 14.2 Å². The van der Waals surface area contributed by atoms with Gasteiger partial charge >= 0.3 is 23.8 Å². The van der Waals surface area contributed by atoms with Gasteiger partial charge in [-0.05, 0) is 50.6 Å². The Morgan fingerprint density at radius 1 is 1.04 bits per heavy atom. The van der Waals surface area contributed by atoms with Crippen molar-refractivity contribution in [3.05, 3.63) is 92.5 Å². The average molecular weight is 749 g/mol. The van der Waals surface area contributed by atoms with E-state index >= 15 is 8.78 Å². The lowest BCUT2D eigenvalue weighted by Crippen LogP contribution is -2.53. The zero-order chi connectivity index (χ0) is 38.8. The maximum Gasteiger partial charge on any atom is 0.411 e. The summed E-state index contributed by atoms with van der Waals surface area (Å²) in [6.07, 6.45) is -1.30. The second kappa shape index (κ2) is 15.1. The number of ether oxygens (including phenoxy) is 3. The van der Waals surface area contributed by atoms with Crippen molar-refractivity contribution in [2.75, 3.05) is 31.5 Å². The lowest BCUT2D eigenvalue weighted by Gasteiger charge is -2.38. The summed E-state index contributed by atoms with van der Waals surface area (Å²) in [6.45, 7) is 2.52. The lowest BCUT2D eigenvalue weighted by molar-refractivity contribution is -0.174. The molecular formula is C34H33F5N6O8. The van der Waals surface area contributed by atoms with Crippen LogP contribution in [0, 0.1) is 17.0 Å². The average Bonchev–Trinajstić information content (AvgIpc) is 3.10. The highest BCUT2D eigenvalue weighted by atomic mass is 19.4. The zero-order valence-electron chi connectivity index (χ0n) is 28.7. The van der Waals surface area contributed by atoms with Crippen molar-refractivity contribution >= 4 is 34.4 Å². The van der Waals surface area contributed by atoms with E-state index in [-0.39, 0.29) is 35.4 Å². The topological polar surface area (TPSA) is 164 Å². The summed E-state index contributed by atoms with van der Waals surface area (Å²) < 4.78 is 88.4. The van der Waals surface area contributed by atoms with E-state index in [1.165, 1.54) is 48.4 Å². The minimum atomic E-state index is -4.79. The van der Waals surface area contributed by atoms with Crippen molar-refractivity contribution < 1.29 is 50.5 Å². The first-order valence-electron chi connectivity index (χ1n) is 15.9. The van der Waals surface area contributed by atoms with Crippen molar-refractivity contribution in [2.24, 2.45) is 12.5 Å². The van der Waals surface area contributed by atoms with E-state index < -0.39 is 95.5 Å². The number of amides is 1. The van der Waals surface area contributed by atoms with Gasteiger partial charge in [-0.1, -0.05) is 6.07 Å². The predicted octanol–water partition coefficient (Wildman–Crippen LogP) is 2.96. The highest BCUT2D eigenvalue weighted by Gasteiger charge is 2.46. The lowest BCUT2D eigenvalue weighted by atomic mass is 9.98. The molecule has 0 saturated carbocycles. The van der Waals surface area contributed by atoms with Gasteiger partial charge in [0.1, 0.15) is 35.1 Å². The van der Waals surface area contributed by atoms with Crippen LogP contribution in [-0.2, 0) is 37.3 Å². The molecule has 1 fully saturated rings. The zero-order valence-corrected chi connectivity index (χ0v) is 28.7. The molecule has 19 heteroatoms. The summed E-state index contributed by atoms with van der Waals surface area (Å²) in [6, 6.07) is 1.34. The number of nitrogens with zero attached hydrogens (tertiary/aromatic N) is 5. The van der Waals surface area contributed by atoms with Crippen molar-refractivity contribution in [3.63, 3.8) is 0 Å². The molecule has 4 aromatic rings. The number of anilines is 1. The van der Waals surface area contributed by atoms with E-state index in [1.807, 2.05) is 0 Å². The van der Waals surface area contributed by atoms with Gasteiger partial charge in [-0.2, -0.15) is 13.2 Å². The Morgan fingerprint density at radius 3 is 2.36 bits per heavy atom. The van der Waals surface area contributed by atoms with Crippen LogP contribution >= 0.6 is 0 Å². The molecule has 1 aromatic carbocycles. The Balaban J connectivity index is 1.41. The standard InChI is InChI=1S/C34H33F5N6O8/c1-33(2,3)31(49)53-17-52-30(48)23(11-18-5-6-26(41-14-18)45-29(47)20-7-8-40-15-24(20)43(4)32(45)50)42-28(46)27-21(35)12-19(13-22(27)36)44-9-10-51-16-25(44)34(37,38)39/h5-8,12-15,23,25H,9-11,16-17H2,1-4H3,(H,42,46)/t23-,25+/m0/s1. The van der Waals surface area contributed by atoms with Gasteiger partial charge in [-0.15, -0.1) is 0 Å². The molecule has 0 unspecified atom stereocenters. The molecular weight excluding hydrogens is 715 g/mol. The Kier molecular flexibility index (Phi) is 11.0. The van der Waals surface area contributed by atoms with Crippen molar-refractivity contribution in [3.8, 4) is 5.82 Å². The minimum absolute atomic E-state index is 0.0902. The number of fused-ring (bicyclic) bond motifs is 1. The van der Waals surface area contributed by atoms with Crippen molar-refractivity contribution in [2.45, 2.75) is 45.5 Å². The predicted molar refractivity (Wildman–Crippen MR) is 176 cm³/mol. The number of halogens is 5.